The van der Waals surface area contributed by atoms with Crippen molar-refractivity contribution in [3.05, 3.63) is 58.6 Å². The summed E-state index contributed by atoms with van der Waals surface area (Å²) < 4.78 is 11.3. The van der Waals surface area contributed by atoms with E-state index in [9.17, 15) is 4.79 Å². The first-order chi connectivity index (χ1) is 13.9. The van der Waals surface area contributed by atoms with Gasteiger partial charge in [0.1, 0.15) is 6.61 Å². The molecule has 8 heteroatoms. The van der Waals surface area contributed by atoms with Crippen molar-refractivity contribution in [2.24, 2.45) is 0 Å². The van der Waals surface area contributed by atoms with Gasteiger partial charge < -0.3 is 14.1 Å². The van der Waals surface area contributed by atoms with Gasteiger partial charge >= 0.3 is 0 Å². The summed E-state index contributed by atoms with van der Waals surface area (Å²) in [7, 11) is 0. The number of benzene rings is 1. The number of hydrogen-bond acceptors (Lipinski definition) is 6. The van der Waals surface area contributed by atoms with Crippen LogP contribution in [-0.2, 0) is 0 Å². The van der Waals surface area contributed by atoms with Gasteiger partial charge in [0.25, 0.3) is 5.91 Å². The van der Waals surface area contributed by atoms with Crippen molar-refractivity contribution in [2.75, 3.05) is 13.2 Å². The van der Waals surface area contributed by atoms with Gasteiger partial charge in [-0.1, -0.05) is 23.7 Å². The van der Waals surface area contributed by atoms with Crippen LogP contribution in [0.3, 0.4) is 0 Å². The Hall–Kier alpha value is -2.93. The second-order valence-electron chi connectivity index (χ2n) is 6.69. The van der Waals surface area contributed by atoms with Crippen LogP contribution in [0, 0.1) is 13.8 Å². The summed E-state index contributed by atoms with van der Waals surface area (Å²) in [4.78, 5) is 19.2. The minimum atomic E-state index is -0.178. The zero-order chi connectivity index (χ0) is 21.0. The molecule has 0 aliphatic carbocycles. The van der Waals surface area contributed by atoms with E-state index in [-0.39, 0.29) is 11.9 Å². The van der Waals surface area contributed by atoms with Crippen molar-refractivity contribution in [1.29, 1.82) is 0 Å². The van der Waals surface area contributed by atoms with Gasteiger partial charge in [0.15, 0.2) is 0 Å². The first kappa shape index (κ1) is 20.8. The number of aryl methyl sites for hydroxylation is 2. The standard InChI is InChI=1S/C21H23ClN4O3/c1-5-26(14(3)12-28-18-10-9-16(22)11-23-18)21(27)17-8-6-7-13(2)19(17)20-25-24-15(4)29-20/h6-11,14H,5,12H2,1-4H3. The van der Waals surface area contributed by atoms with E-state index in [2.05, 4.69) is 15.2 Å². The van der Waals surface area contributed by atoms with Gasteiger partial charge in [0, 0.05) is 25.7 Å². The Kier molecular flexibility index (Phi) is 6.49. The predicted molar refractivity (Wildman–Crippen MR) is 110 cm³/mol. The van der Waals surface area contributed by atoms with E-state index in [1.54, 1.807) is 30.0 Å². The highest BCUT2D eigenvalue weighted by Gasteiger charge is 2.26. The average Bonchev–Trinajstić information content (AvgIpc) is 3.13. The summed E-state index contributed by atoms with van der Waals surface area (Å²) in [6.07, 6.45) is 1.52. The molecule has 1 unspecified atom stereocenters. The van der Waals surface area contributed by atoms with Gasteiger partial charge in [-0.25, -0.2) is 4.98 Å². The number of rotatable bonds is 7. The maximum Gasteiger partial charge on any atom is 0.255 e. The Morgan fingerprint density at radius 1 is 1.24 bits per heavy atom. The molecule has 0 bridgehead atoms. The van der Waals surface area contributed by atoms with Gasteiger partial charge in [-0.3, -0.25) is 4.79 Å². The smallest absolute Gasteiger partial charge is 0.255 e. The molecule has 1 amide bonds. The maximum atomic E-state index is 13.4. The fraction of sp³-hybridized carbons (Fsp3) is 0.333. The van der Waals surface area contributed by atoms with Crippen molar-refractivity contribution in [1.82, 2.24) is 20.1 Å². The normalized spacial score (nSPS) is 11.9. The van der Waals surface area contributed by atoms with E-state index in [1.165, 1.54) is 6.20 Å². The van der Waals surface area contributed by atoms with E-state index < -0.39 is 0 Å². The molecule has 0 aliphatic heterocycles. The number of aromatic nitrogens is 3. The zero-order valence-electron chi connectivity index (χ0n) is 16.8. The Bertz CT molecular complexity index is 988. The van der Waals surface area contributed by atoms with E-state index in [1.807, 2.05) is 32.9 Å². The number of pyridine rings is 1. The number of hydrogen-bond donors (Lipinski definition) is 0. The first-order valence-electron chi connectivity index (χ1n) is 9.36. The fourth-order valence-electron chi connectivity index (χ4n) is 3.08. The van der Waals surface area contributed by atoms with Crippen molar-refractivity contribution >= 4 is 17.5 Å². The van der Waals surface area contributed by atoms with Crippen LogP contribution in [0.15, 0.2) is 40.9 Å². The number of likely N-dealkylation sites (N-methyl/N-ethyl adjacent to an activating group) is 1. The molecule has 7 nitrogen and oxygen atoms in total. The molecule has 1 atom stereocenters. The van der Waals surface area contributed by atoms with Crippen LogP contribution in [0.2, 0.25) is 5.02 Å². The maximum absolute atomic E-state index is 13.4. The van der Waals surface area contributed by atoms with Crippen molar-refractivity contribution in [2.45, 2.75) is 33.7 Å². The lowest BCUT2D eigenvalue weighted by molar-refractivity contribution is 0.0647. The zero-order valence-corrected chi connectivity index (χ0v) is 17.6. The van der Waals surface area contributed by atoms with E-state index in [0.29, 0.717) is 47.0 Å². The van der Waals surface area contributed by atoms with Crippen LogP contribution in [0.5, 0.6) is 5.88 Å². The average molecular weight is 415 g/mol. The third-order valence-electron chi connectivity index (χ3n) is 4.55. The van der Waals surface area contributed by atoms with Crippen LogP contribution in [-0.4, -0.2) is 45.2 Å². The van der Waals surface area contributed by atoms with E-state index >= 15 is 0 Å². The second-order valence-corrected chi connectivity index (χ2v) is 7.13. The molecule has 0 radical (unpaired) electrons. The minimum Gasteiger partial charge on any atom is -0.475 e. The largest absolute Gasteiger partial charge is 0.475 e. The molecular weight excluding hydrogens is 392 g/mol. The molecule has 29 heavy (non-hydrogen) atoms. The monoisotopic (exact) mass is 414 g/mol. The van der Waals surface area contributed by atoms with Crippen LogP contribution in [0.1, 0.15) is 35.7 Å². The van der Waals surface area contributed by atoms with Gasteiger partial charge in [0.05, 0.1) is 22.2 Å². The van der Waals surface area contributed by atoms with Gasteiger partial charge in [-0.15, -0.1) is 10.2 Å². The molecule has 0 saturated carbocycles. The highest BCUT2D eigenvalue weighted by Crippen LogP contribution is 2.28. The lowest BCUT2D eigenvalue weighted by Gasteiger charge is -2.28. The molecule has 0 fully saturated rings. The molecule has 2 aromatic heterocycles. The fourth-order valence-corrected chi connectivity index (χ4v) is 3.19. The summed E-state index contributed by atoms with van der Waals surface area (Å²) in [5.41, 5.74) is 2.07. The highest BCUT2D eigenvalue weighted by atomic mass is 35.5. The van der Waals surface area contributed by atoms with Crippen LogP contribution in [0.4, 0.5) is 0 Å². The molecule has 3 rings (SSSR count). The third kappa shape index (κ3) is 4.74. The number of amides is 1. The van der Waals surface area contributed by atoms with Crippen LogP contribution < -0.4 is 4.74 Å². The molecule has 0 aliphatic rings. The molecule has 0 spiro atoms. The molecule has 2 heterocycles. The number of ether oxygens (including phenoxy) is 1. The van der Waals surface area contributed by atoms with Crippen molar-refractivity contribution < 1.29 is 13.9 Å². The summed E-state index contributed by atoms with van der Waals surface area (Å²) in [6.45, 7) is 8.33. The number of nitrogens with zero attached hydrogens (tertiary/aromatic N) is 4. The molecule has 3 aromatic rings. The minimum absolute atomic E-state index is 0.123. The lowest BCUT2D eigenvalue weighted by atomic mass is 10.00. The Labute approximate surface area is 174 Å². The van der Waals surface area contributed by atoms with Gasteiger partial charge in [0.2, 0.25) is 17.7 Å². The number of halogens is 1. The van der Waals surface area contributed by atoms with Crippen molar-refractivity contribution in [3.8, 4) is 17.3 Å². The molecular formula is C21H23ClN4O3. The predicted octanol–water partition coefficient (Wildman–Crippen LogP) is 4.33. The van der Waals surface area contributed by atoms with E-state index in [4.69, 9.17) is 20.8 Å². The van der Waals surface area contributed by atoms with Crippen molar-refractivity contribution in [3.63, 3.8) is 0 Å². The number of carbonyl (C=O) groups excluding carboxylic acids is 1. The lowest BCUT2D eigenvalue weighted by Crippen LogP contribution is -2.42. The van der Waals surface area contributed by atoms with Crippen LogP contribution >= 0.6 is 11.6 Å². The van der Waals surface area contributed by atoms with Crippen LogP contribution in [0.25, 0.3) is 11.5 Å². The quantitative estimate of drug-likeness (QED) is 0.572. The molecule has 152 valence electrons. The van der Waals surface area contributed by atoms with Gasteiger partial charge in [-0.05, 0) is 38.5 Å². The summed E-state index contributed by atoms with van der Waals surface area (Å²) in [5.74, 6) is 1.13. The van der Waals surface area contributed by atoms with E-state index in [0.717, 1.165) is 5.56 Å². The third-order valence-corrected chi connectivity index (χ3v) is 4.77. The summed E-state index contributed by atoms with van der Waals surface area (Å²) in [5, 5.41) is 8.54. The van der Waals surface area contributed by atoms with Gasteiger partial charge in [-0.2, -0.15) is 0 Å². The Morgan fingerprint density at radius 2 is 2.03 bits per heavy atom. The summed E-state index contributed by atoms with van der Waals surface area (Å²) >= 11 is 5.85. The Morgan fingerprint density at radius 3 is 2.66 bits per heavy atom. The first-order valence-corrected chi connectivity index (χ1v) is 9.74. The number of carbonyl (C=O) groups is 1. The Balaban J connectivity index is 1.82. The highest BCUT2D eigenvalue weighted by molar-refractivity contribution is 6.30. The molecule has 0 saturated heterocycles. The topological polar surface area (TPSA) is 81.4 Å². The summed E-state index contributed by atoms with van der Waals surface area (Å²) in [6, 6.07) is 8.78. The SMILES string of the molecule is CCN(C(=O)c1cccc(C)c1-c1nnc(C)o1)C(C)COc1ccc(Cl)cn1. The second kappa shape index (κ2) is 9.05. The molecule has 0 N–H and O–H groups in total. The molecule has 1 aromatic carbocycles.